The number of nitrogens with two attached hydrogens (primary N) is 1. The molecule has 1 atom stereocenters. The first-order chi connectivity index (χ1) is 8.59. The second kappa shape index (κ2) is 5.48. The number of hydrogen-bond acceptors (Lipinski definition) is 2. The minimum Gasteiger partial charge on any atom is -0.481 e. The fourth-order valence-corrected chi connectivity index (χ4v) is 2.52. The summed E-state index contributed by atoms with van der Waals surface area (Å²) in [7, 11) is 0. The van der Waals surface area contributed by atoms with Gasteiger partial charge in [0.1, 0.15) is 5.82 Å². The van der Waals surface area contributed by atoms with Crippen molar-refractivity contribution >= 4 is 5.97 Å². The van der Waals surface area contributed by atoms with Crippen LogP contribution in [0.15, 0.2) is 12.1 Å². The average molecular weight is 251 g/mol. The van der Waals surface area contributed by atoms with E-state index in [0.29, 0.717) is 5.56 Å². The van der Waals surface area contributed by atoms with Gasteiger partial charge in [0, 0.05) is 18.0 Å². The Morgan fingerprint density at radius 2 is 2.11 bits per heavy atom. The number of rotatable bonds is 4. The number of carboxylic acid groups (broad SMARTS) is 1. The Balaban J connectivity index is 2.20. The fourth-order valence-electron chi connectivity index (χ4n) is 2.52. The van der Waals surface area contributed by atoms with Gasteiger partial charge in [-0.2, -0.15) is 0 Å². The third-order valence-corrected chi connectivity index (χ3v) is 3.56. The van der Waals surface area contributed by atoms with E-state index in [1.165, 1.54) is 0 Å². The van der Waals surface area contributed by atoms with Crippen molar-refractivity contribution in [1.82, 2.24) is 0 Å². The number of halogens is 1. The molecule has 1 aromatic carbocycles. The zero-order valence-corrected chi connectivity index (χ0v) is 10.3. The molecule has 0 saturated heterocycles. The molecule has 3 nitrogen and oxygen atoms in total. The van der Waals surface area contributed by atoms with Gasteiger partial charge in [-0.25, -0.2) is 4.39 Å². The summed E-state index contributed by atoms with van der Waals surface area (Å²) >= 11 is 0. The molecule has 0 fully saturated rings. The number of fused-ring (bicyclic) bond motifs is 1. The Bertz CT molecular complexity index is 459. The summed E-state index contributed by atoms with van der Waals surface area (Å²) < 4.78 is 14.3. The largest absolute Gasteiger partial charge is 0.481 e. The maximum absolute atomic E-state index is 14.3. The van der Waals surface area contributed by atoms with E-state index in [9.17, 15) is 9.18 Å². The molecule has 0 aliphatic heterocycles. The van der Waals surface area contributed by atoms with E-state index in [4.69, 9.17) is 10.8 Å². The normalized spacial score (nSPS) is 16.1. The number of carbonyl (C=O) groups is 1. The first-order valence-electron chi connectivity index (χ1n) is 6.37. The van der Waals surface area contributed by atoms with Gasteiger partial charge < -0.3 is 10.8 Å². The lowest BCUT2D eigenvalue weighted by Gasteiger charge is -2.20. The monoisotopic (exact) mass is 251 g/mol. The lowest BCUT2D eigenvalue weighted by atomic mass is 9.88. The van der Waals surface area contributed by atoms with E-state index >= 15 is 0 Å². The van der Waals surface area contributed by atoms with Crippen molar-refractivity contribution in [3.8, 4) is 0 Å². The second-order valence-corrected chi connectivity index (χ2v) is 4.85. The molecule has 0 aromatic heterocycles. The molecule has 0 spiro atoms. The van der Waals surface area contributed by atoms with Gasteiger partial charge in [-0.3, -0.25) is 4.79 Å². The molecule has 18 heavy (non-hydrogen) atoms. The van der Waals surface area contributed by atoms with Crippen molar-refractivity contribution in [2.24, 2.45) is 5.73 Å². The number of carboxylic acids is 1. The highest BCUT2D eigenvalue weighted by molar-refractivity contribution is 5.66. The van der Waals surface area contributed by atoms with Gasteiger partial charge in [-0.15, -0.1) is 0 Å². The lowest BCUT2D eigenvalue weighted by molar-refractivity contribution is -0.137. The maximum Gasteiger partial charge on any atom is 0.303 e. The van der Waals surface area contributed by atoms with E-state index in [1.54, 1.807) is 6.07 Å². The minimum atomic E-state index is -0.899. The number of hydrogen-bond donors (Lipinski definition) is 2. The summed E-state index contributed by atoms with van der Waals surface area (Å²) in [6.07, 6.45) is 4.05. The molecule has 4 heteroatoms. The van der Waals surface area contributed by atoms with Gasteiger partial charge >= 0.3 is 5.97 Å². The Kier molecular flexibility index (Phi) is 3.97. The first kappa shape index (κ1) is 13.0. The number of benzene rings is 1. The molecule has 98 valence electrons. The third kappa shape index (κ3) is 2.70. The highest BCUT2D eigenvalue weighted by atomic mass is 19.1. The summed E-state index contributed by atoms with van der Waals surface area (Å²) in [5.74, 6) is -1.12. The molecule has 1 aliphatic rings. The van der Waals surface area contributed by atoms with Crippen LogP contribution in [0.5, 0.6) is 0 Å². The summed E-state index contributed by atoms with van der Waals surface area (Å²) in [6, 6.07) is 3.12. The number of aryl methyl sites for hydroxylation is 1. The van der Waals surface area contributed by atoms with Gasteiger partial charge in [0.2, 0.25) is 0 Å². The van der Waals surface area contributed by atoms with Crippen molar-refractivity contribution in [2.75, 3.05) is 0 Å². The van der Waals surface area contributed by atoms with Gasteiger partial charge in [-0.1, -0.05) is 12.1 Å². The molecule has 1 aromatic rings. The quantitative estimate of drug-likeness (QED) is 0.864. The lowest BCUT2D eigenvalue weighted by Crippen LogP contribution is -2.16. The second-order valence-electron chi connectivity index (χ2n) is 4.85. The predicted octanol–water partition coefficient (Wildman–Crippen LogP) is 2.57. The summed E-state index contributed by atoms with van der Waals surface area (Å²) in [4.78, 5) is 10.5. The average Bonchev–Trinajstić information content (AvgIpc) is 2.37. The zero-order valence-electron chi connectivity index (χ0n) is 10.3. The molecular formula is C14H18FNO2. The van der Waals surface area contributed by atoms with Crippen molar-refractivity contribution < 1.29 is 14.3 Å². The van der Waals surface area contributed by atoms with Crippen LogP contribution in [0, 0.1) is 5.82 Å². The van der Waals surface area contributed by atoms with E-state index in [2.05, 4.69) is 0 Å². The number of aliphatic carboxylic acids is 1. The predicted molar refractivity (Wildman–Crippen MR) is 66.8 cm³/mol. The van der Waals surface area contributed by atoms with Crippen LogP contribution in [0.2, 0.25) is 0 Å². The summed E-state index contributed by atoms with van der Waals surface area (Å²) in [5, 5.41) is 8.62. The SMILES string of the molecule is NC(CCC(=O)O)c1ccc2c(c1F)CCCC2. The molecule has 3 N–H and O–H groups in total. The van der Waals surface area contributed by atoms with E-state index in [1.807, 2.05) is 6.07 Å². The third-order valence-electron chi connectivity index (χ3n) is 3.56. The van der Waals surface area contributed by atoms with Crippen LogP contribution >= 0.6 is 0 Å². The molecule has 2 rings (SSSR count). The van der Waals surface area contributed by atoms with Gasteiger partial charge in [-0.05, 0) is 43.2 Å². The van der Waals surface area contributed by atoms with Crippen molar-refractivity contribution in [3.05, 3.63) is 34.6 Å². The van der Waals surface area contributed by atoms with Gasteiger partial charge in [0.05, 0.1) is 0 Å². The van der Waals surface area contributed by atoms with Gasteiger partial charge in [0.25, 0.3) is 0 Å². The molecule has 0 saturated carbocycles. The van der Waals surface area contributed by atoms with Crippen LogP contribution in [-0.2, 0) is 17.6 Å². The van der Waals surface area contributed by atoms with Crippen LogP contribution in [0.3, 0.4) is 0 Å². The smallest absolute Gasteiger partial charge is 0.303 e. The minimum absolute atomic E-state index is 0.0301. The van der Waals surface area contributed by atoms with Crippen molar-refractivity contribution in [2.45, 2.75) is 44.6 Å². The Labute approximate surface area is 106 Å². The fraction of sp³-hybridized carbons (Fsp3) is 0.500. The van der Waals surface area contributed by atoms with Crippen molar-refractivity contribution in [3.63, 3.8) is 0 Å². The Morgan fingerprint density at radius 3 is 2.83 bits per heavy atom. The van der Waals surface area contributed by atoms with E-state index in [-0.39, 0.29) is 18.7 Å². The molecule has 0 amide bonds. The molecule has 1 aliphatic carbocycles. The zero-order chi connectivity index (χ0) is 13.1. The topological polar surface area (TPSA) is 63.3 Å². The summed E-state index contributed by atoms with van der Waals surface area (Å²) in [5.41, 5.74) is 8.19. The van der Waals surface area contributed by atoms with Crippen LogP contribution in [-0.4, -0.2) is 11.1 Å². The highest BCUT2D eigenvalue weighted by Crippen LogP contribution is 2.29. The molecule has 0 heterocycles. The highest BCUT2D eigenvalue weighted by Gasteiger charge is 2.20. The Morgan fingerprint density at radius 1 is 1.39 bits per heavy atom. The van der Waals surface area contributed by atoms with E-state index in [0.717, 1.165) is 36.8 Å². The van der Waals surface area contributed by atoms with E-state index < -0.39 is 12.0 Å². The van der Waals surface area contributed by atoms with Crippen LogP contribution in [0.4, 0.5) is 4.39 Å². The van der Waals surface area contributed by atoms with Crippen LogP contribution in [0.25, 0.3) is 0 Å². The molecule has 0 radical (unpaired) electrons. The Hall–Kier alpha value is -1.42. The first-order valence-corrected chi connectivity index (χ1v) is 6.37. The standard InChI is InChI=1S/C14H18FNO2/c15-14-10-4-2-1-3-9(10)5-6-11(14)12(16)7-8-13(17)18/h5-6,12H,1-4,7-8,16H2,(H,17,18). The van der Waals surface area contributed by atoms with Crippen LogP contribution in [0.1, 0.15) is 48.4 Å². The summed E-state index contributed by atoms with van der Waals surface area (Å²) in [6.45, 7) is 0. The van der Waals surface area contributed by atoms with Crippen LogP contribution < -0.4 is 5.73 Å². The molecular weight excluding hydrogens is 233 g/mol. The maximum atomic E-state index is 14.3. The molecule has 0 bridgehead atoms. The van der Waals surface area contributed by atoms with Gasteiger partial charge in [0.15, 0.2) is 0 Å². The van der Waals surface area contributed by atoms with Crippen molar-refractivity contribution in [1.29, 1.82) is 0 Å². The molecule has 1 unspecified atom stereocenters.